The first-order chi connectivity index (χ1) is 20.8. The van der Waals surface area contributed by atoms with E-state index in [1.54, 1.807) is 79.7 Å². The summed E-state index contributed by atoms with van der Waals surface area (Å²) >= 11 is 0. The fourth-order valence-electron chi connectivity index (χ4n) is 5.53. The Balaban J connectivity index is 1.79. The van der Waals surface area contributed by atoms with E-state index in [0.717, 1.165) is 0 Å². The second kappa shape index (κ2) is 12.9. The van der Waals surface area contributed by atoms with Gasteiger partial charge >= 0.3 is 0 Å². The number of allylic oxidation sites excluding steroid dienone is 8. The van der Waals surface area contributed by atoms with E-state index >= 15 is 9.13 Å². The molecule has 0 aliphatic heterocycles. The molecule has 0 radical (unpaired) electrons. The van der Waals surface area contributed by atoms with Crippen molar-refractivity contribution in [3.63, 3.8) is 0 Å². The summed E-state index contributed by atoms with van der Waals surface area (Å²) in [5, 5.41) is 2.19. The van der Waals surface area contributed by atoms with E-state index in [1.165, 1.54) is 12.1 Å². The van der Waals surface area contributed by atoms with E-state index in [2.05, 4.69) is 0 Å². The smallest absolute Gasteiger partial charge is 0.208 e. The molecule has 4 aromatic carbocycles. The highest BCUT2D eigenvalue weighted by Gasteiger charge is 2.41. The molecule has 4 nitrogen and oxygen atoms in total. The zero-order valence-corrected chi connectivity index (χ0v) is 26.8. The molecular formula is C36H34O4P2S. The molecule has 0 bridgehead atoms. The van der Waals surface area contributed by atoms with E-state index < -0.39 is 29.8 Å². The van der Waals surface area contributed by atoms with Gasteiger partial charge in [-0.1, -0.05) is 127 Å². The number of sulfone groups is 1. The summed E-state index contributed by atoms with van der Waals surface area (Å²) in [6.45, 7) is 3.65. The molecule has 3 atom stereocenters. The van der Waals surface area contributed by atoms with Gasteiger partial charge in [0.1, 0.15) is 0 Å². The second-order valence-electron chi connectivity index (χ2n) is 10.3. The average Bonchev–Trinajstić information content (AvgIpc) is 3.07. The summed E-state index contributed by atoms with van der Waals surface area (Å²) in [4.78, 5) is -0.0890. The molecule has 0 spiro atoms. The molecule has 0 saturated carbocycles. The number of hydrogen-bond donors (Lipinski definition) is 0. The Labute approximate surface area is 254 Å². The molecule has 43 heavy (non-hydrogen) atoms. The molecule has 4 aromatic rings. The third-order valence-corrected chi connectivity index (χ3v) is 16.6. The minimum Gasteiger partial charge on any atom is -0.313 e. The van der Waals surface area contributed by atoms with Crippen molar-refractivity contribution in [1.82, 2.24) is 0 Å². The maximum atomic E-state index is 15.4. The predicted molar refractivity (Wildman–Crippen MR) is 180 cm³/mol. The minimum absolute atomic E-state index is 0.0349. The summed E-state index contributed by atoms with van der Waals surface area (Å²) in [5.74, 6) is 0. The van der Waals surface area contributed by atoms with Gasteiger partial charge in [0.2, 0.25) is 9.84 Å². The fraction of sp³-hybridized carbons (Fsp3) is 0.111. The van der Waals surface area contributed by atoms with E-state index in [-0.39, 0.29) is 20.4 Å². The molecule has 1 aliphatic rings. The lowest BCUT2D eigenvalue weighted by Gasteiger charge is -2.29. The predicted octanol–water partition coefficient (Wildman–Crippen LogP) is 7.51. The minimum atomic E-state index is -4.31. The lowest BCUT2D eigenvalue weighted by atomic mass is 10.2. The Hall–Kier alpha value is -3.75. The van der Waals surface area contributed by atoms with Crippen molar-refractivity contribution in [2.75, 3.05) is 0 Å². The highest BCUT2D eigenvalue weighted by Crippen LogP contribution is 2.55. The maximum Gasteiger partial charge on any atom is 0.208 e. The third kappa shape index (κ3) is 5.66. The van der Waals surface area contributed by atoms with Gasteiger partial charge < -0.3 is 9.13 Å². The normalized spacial score (nSPS) is 18.3. The van der Waals surface area contributed by atoms with Crippen molar-refractivity contribution >= 4 is 45.3 Å². The summed E-state index contributed by atoms with van der Waals surface area (Å²) in [6.07, 6.45) is 13.6. The van der Waals surface area contributed by atoms with Gasteiger partial charge in [-0.2, -0.15) is 0 Å². The van der Waals surface area contributed by atoms with Crippen LogP contribution in [0.1, 0.15) is 20.3 Å². The van der Waals surface area contributed by atoms with Crippen LogP contribution in [0.3, 0.4) is 0 Å². The van der Waals surface area contributed by atoms with Gasteiger partial charge in [-0.25, -0.2) is 8.42 Å². The summed E-state index contributed by atoms with van der Waals surface area (Å²) in [6, 6.07) is 31.2. The Morgan fingerprint density at radius 3 is 1.84 bits per heavy atom. The molecule has 218 valence electrons. The van der Waals surface area contributed by atoms with Crippen LogP contribution in [-0.4, -0.2) is 14.1 Å². The SMILES string of the molecule is C/C=C\C=C(/C)P(=O)(c1ccccc1)c1ccccc1S(=O)(=O)c1ccccc1P(=O)(c1ccccc1)C1C=CC=CC1. The van der Waals surface area contributed by atoms with Crippen molar-refractivity contribution in [2.45, 2.75) is 35.7 Å². The molecule has 5 rings (SSSR count). The van der Waals surface area contributed by atoms with Crippen LogP contribution in [0, 0.1) is 0 Å². The molecule has 0 N–H and O–H groups in total. The van der Waals surface area contributed by atoms with Crippen molar-refractivity contribution in [3.05, 3.63) is 157 Å². The van der Waals surface area contributed by atoms with E-state index in [4.69, 9.17) is 0 Å². The van der Waals surface area contributed by atoms with Gasteiger partial charge in [-0.3, -0.25) is 0 Å². The Morgan fingerprint density at radius 1 is 0.721 bits per heavy atom. The first-order valence-corrected chi connectivity index (χ1v) is 19.1. The summed E-state index contributed by atoms with van der Waals surface area (Å²) < 4.78 is 60.3. The number of benzene rings is 4. The van der Waals surface area contributed by atoms with Crippen LogP contribution in [0.5, 0.6) is 0 Å². The molecule has 1 aliphatic carbocycles. The lowest BCUT2D eigenvalue weighted by molar-refractivity contribution is 0.580. The monoisotopic (exact) mass is 624 g/mol. The summed E-state index contributed by atoms with van der Waals surface area (Å²) in [7, 11) is -11.4. The molecule has 0 fully saturated rings. The van der Waals surface area contributed by atoms with Gasteiger partial charge in [0.05, 0.1) is 9.79 Å². The van der Waals surface area contributed by atoms with E-state index in [0.29, 0.717) is 22.3 Å². The van der Waals surface area contributed by atoms with Crippen LogP contribution in [0.4, 0.5) is 0 Å². The van der Waals surface area contributed by atoms with Gasteiger partial charge in [0.25, 0.3) is 0 Å². The van der Waals surface area contributed by atoms with Crippen LogP contribution < -0.4 is 21.2 Å². The largest absolute Gasteiger partial charge is 0.313 e. The Morgan fingerprint density at radius 2 is 1.26 bits per heavy atom. The van der Waals surface area contributed by atoms with Crippen molar-refractivity contribution < 1.29 is 17.5 Å². The first-order valence-electron chi connectivity index (χ1n) is 14.1. The first kappa shape index (κ1) is 30.7. The van der Waals surface area contributed by atoms with Gasteiger partial charge in [0.15, 0.2) is 14.3 Å². The van der Waals surface area contributed by atoms with Crippen LogP contribution in [-0.2, 0) is 19.0 Å². The van der Waals surface area contributed by atoms with Crippen molar-refractivity contribution in [2.24, 2.45) is 0 Å². The number of rotatable bonds is 9. The average molecular weight is 625 g/mol. The van der Waals surface area contributed by atoms with Crippen LogP contribution in [0.25, 0.3) is 0 Å². The van der Waals surface area contributed by atoms with E-state index in [9.17, 15) is 8.42 Å². The highest BCUT2D eigenvalue weighted by molar-refractivity contribution is 7.94. The topological polar surface area (TPSA) is 68.3 Å². The Bertz CT molecular complexity index is 1940. The molecule has 0 heterocycles. The zero-order valence-electron chi connectivity index (χ0n) is 24.2. The van der Waals surface area contributed by atoms with E-state index in [1.807, 2.05) is 73.7 Å². The second-order valence-corrected chi connectivity index (χ2v) is 18.1. The van der Waals surface area contributed by atoms with Crippen LogP contribution in [0.15, 0.2) is 167 Å². The molecule has 0 aromatic heterocycles. The lowest BCUT2D eigenvalue weighted by Crippen LogP contribution is -2.30. The fourth-order valence-corrected chi connectivity index (χ4v) is 14.2. The van der Waals surface area contributed by atoms with Crippen molar-refractivity contribution in [3.8, 4) is 0 Å². The highest BCUT2D eigenvalue weighted by atomic mass is 32.2. The zero-order chi connectivity index (χ0) is 30.5. The maximum absolute atomic E-state index is 15.4. The quantitative estimate of drug-likeness (QED) is 0.143. The molecule has 3 unspecified atom stereocenters. The van der Waals surface area contributed by atoms with Crippen LogP contribution in [0.2, 0.25) is 0 Å². The molecule has 0 saturated heterocycles. The van der Waals surface area contributed by atoms with Crippen LogP contribution >= 0.6 is 14.3 Å². The standard InChI is InChI=1S/C36H34O4P2S/c1-3-4-18-29(2)41(37,30-19-8-5-9-20-30)33-25-14-16-27-35(33)43(39,40)36-28-17-15-26-34(36)42(38,31-21-10-6-11-22-31)32-23-12-7-13-24-32/h3-23,25-28,32H,24H2,1-2H3/b4-3-,29-18+. The Kier molecular flexibility index (Phi) is 9.18. The molecular weight excluding hydrogens is 590 g/mol. The molecule has 0 amide bonds. The third-order valence-electron chi connectivity index (χ3n) is 7.72. The summed E-state index contributed by atoms with van der Waals surface area (Å²) in [5.41, 5.74) is -0.409. The van der Waals surface area contributed by atoms with Gasteiger partial charge in [-0.05, 0) is 49.8 Å². The molecule has 7 heteroatoms. The number of hydrogen-bond acceptors (Lipinski definition) is 4. The van der Waals surface area contributed by atoms with Crippen molar-refractivity contribution in [1.29, 1.82) is 0 Å². The van der Waals surface area contributed by atoms with Gasteiger partial charge in [-0.15, -0.1) is 0 Å². The van der Waals surface area contributed by atoms with Gasteiger partial charge in [0, 0.05) is 26.9 Å².